The summed E-state index contributed by atoms with van der Waals surface area (Å²) in [6.07, 6.45) is 5.55. The molecule has 2 aromatic heterocycles. The zero-order valence-electron chi connectivity index (χ0n) is 10.6. The smallest absolute Gasteiger partial charge is 0.164 e. The van der Waals surface area contributed by atoms with Gasteiger partial charge in [-0.1, -0.05) is 23.1 Å². The maximum Gasteiger partial charge on any atom is 0.164 e. The lowest BCUT2D eigenvalue weighted by molar-refractivity contribution is 1.06. The minimum Gasteiger partial charge on any atom is -0.312 e. The topological polar surface area (TPSA) is 41.4 Å². The second-order valence-electron chi connectivity index (χ2n) is 4.00. The van der Waals surface area contributed by atoms with Crippen LogP contribution in [0, 0.1) is 0 Å². The van der Waals surface area contributed by atoms with Crippen LogP contribution in [-0.4, -0.2) is 34.0 Å². The molecule has 0 spiro atoms. The monoisotopic (exact) mass is 290 g/mol. The van der Waals surface area contributed by atoms with Crippen molar-refractivity contribution in [2.24, 2.45) is 4.99 Å². The first kappa shape index (κ1) is 12.6. The van der Waals surface area contributed by atoms with Gasteiger partial charge in [-0.2, -0.15) is 0 Å². The molecule has 4 nitrogen and oxygen atoms in total. The van der Waals surface area contributed by atoms with Crippen molar-refractivity contribution in [3.05, 3.63) is 30.7 Å². The lowest BCUT2D eigenvalue weighted by Gasteiger charge is -2.19. The van der Waals surface area contributed by atoms with Crippen molar-refractivity contribution in [2.45, 2.75) is 6.92 Å². The number of amidine groups is 1. The van der Waals surface area contributed by atoms with Crippen LogP contribution in [0.4, 0.5) is 5.00 Å². The average Bonchev–Trinajstić information content (AvgIpc) is 3.12. The molecule has 0 aliphatic carbocycles. The molecular weight excluding hydrogens is 276 g/mol. The van der Waals surface area contributed by atoms with E-state index in [4.69, 9.17) is 0 Å². The Hall–Kier alpha value is -1.40. The fourth-order valence-corrected chi connectivity index (χ4v) is 3.85. The lowest BCUT2D eigenvalue weighted by Crippen LogP contribution is -2.26. The normalized spacial score (nSPS) is 14.5. The van der Waals surface area contributed by atoms with Gasteiger partial charge in [0.2, 0.25) is 0 Å². The number of hydrogen-bond acceptors (Lipinski definition) is 6. The molecule has 0 atom stereocenters. The van der Waals surface area contributed by atoms with E-state index in [0.29, 0.717) is 0 Å². The number of rotatable bonds is 3. The summed E-state index contributed by atoms with van der Waals surface area (Å²) in [4.78, 5) is 15.4. The van der Waals surface area contributed by atoms with Crippen LogP contribution in [0.1, 0.15) is 6.92 Å². The highest BCUT2D eigenvalue weighted by atomic mass is 32.2. The van der Waals surface area contributed by atoms with Gasteiger partial charge in [-0.15, -0.1) is 0 Å². The summed E-state index contributed by atoms with van der Waals surface area (Å²) in [5.41, 5.74) is 1.07. The molecule has 6 heteroatoms. The van der Waals surface area contributed by atoms with E-state index >= 15 is 0 Å². The highest BCUT2D eigenvalue weighted by molar-refractivity contribution is 8.14. The Balaban J connectivity index is 1.88. The Morgan fingerprint density at radius 2 is 2.32 bits per heavy atom. The molecule has 0 saturated heterocycles. The first-order valence-electron chi connectivity index (χ1n) is 6.19. The number of aromatic nitrogens is 2. The largest absolute Gasteiger partial charge is 0.312 e. The molecule has 3 heterocycles. The van der Waals surface area contributed by atoms with Gasteiger partial charge in [0.15, 0.2) is 5.17 Å². The van der Waals surface area contributed by atoms with Gasteiger partial charge in [-0.05, 0) is 19.1 Å². The van der Waals surface area contributed by atoms with E-state index in [-0.39, 0.29) is 0 Å². The van der Waals surface area contributed by atoms with Gasteiger partial charge in [-0.25, -0.2) is 4.98 Å². The Bertz CT molecular complexity index is 579. The molecule has 0 aromatic carbocycles. The Labute approximate surface area is 120 Å². The predicted molar refractivity (Wildman–Crippen MR) is 83.1 cm³/mol. The van der Waals surface area contributed by atoms with Crippen LogP contribution in [0.15, 0.2) is 35.7 Å². The zero-order valence-corrected chi connectivity index (χ0v) is 12.2. The van der Waals surface area contributed by atoms with Crippen LogP contribution < -0.4 is 4.90 Å². The maximum absolute atomic E-state index is 4.54. The van der Waals surface area contributed by atoms with Gasteiger partial charge < -0.3 is 4.90 Å². The molecule has 0 bridgehead atoms. The molecule has 19 heavy (non-hydrogen) atoms. The Kier molecular flexibility index (Phi) is 3.79. The SMILES string of the molecule is CCN(C1=NCCS1)c1cnc(-c2cccnc2)s1. The molecule has 0 saturated carbocycles. The molecule has 0 N–H and O–H groups in total. The van der Waals surface area contributed by atoms with Gasteiger partial charge in [0.25, 0.3) is 0 Å². The minimum absolute atomic E-state index is 0.917. The second kappa shape index (κ2) is 5.71. The molecule has 0 radical (unpaired) electrons. The molecule has 0 amide bonds. The second-order valence-corrected chi connectivity index (χ2v) is 6.07. The molecule has 98 valence electrons. The van der Waals surface area contributed by atoms with Crippen LogP contribution in [0.25, 0.3) is 10.6 Å². The first-order valence-corrected chi connectivity index (χ1v) is 7.99. The van der Waals surface area contributed by atoms with Crippen LogP contribution in [-0.2, 0) is 0 Å². The summed E-state index contributed by atoms with van der Waals surface area (Å²) in [5.74, 6) is 1.08. The number of thioether (sulfide) groups is 1. The van der Waals surface area contributed by atoms with Gasteiger partial charge in [0.05, 0.1) is 12.7 Å². The third-order valence-corrected chi connectivity index (χ3v) is 4.85. The quantitative estimate of drug-likeness (QED) is 0.871. The molecule has 0 fully saturated rings. The van der Waals surface area contributed by atoms with Crippen LogP contribution in [0.5, 0.6) is 0 Å². The molecule has 1 aliphatic rings. The third kappa shape index (κ3) is 2.64. The van der Waals surface area contributed by atoms with Crippen molar-refractivity contribution in [2.75, 3.05) is 23.7 Å². The summed E-state index contributed by atoms with van der Waals surface area (Å²) < 4.78 is 0. The Morgan fingerprint density at radius 1 is 1.37 bits per heavy atom. The maximum atomic E-state index is 4.54. The fourth-order valence-electron chi connectivity index (χ4n) is 1.89. The van der Waals surface area contributed by atoms with E-state index < -0.39 is 0 Å². The van der Waals surface area contributed by atoms with Crippen molar-refractivity contribution >= 4 is 33.3 Å². The number of nitrogens with zero attached hydrogens (tertiary/aromatic N) is 4. The molecular formula is C13H14N4S2. The van der Waals surface area contributed by atoms with E-state index in [2.05, 4.69) is 26.8 Å². The number of aliphatic imine (C=N–C) groups is 1. The summed E-state index contributed by atoms with van der Waals surface area (Å²) >= 11 is 3.50. The summed E-state index contributed by atoms with van der Waals surface area (Å²) in [6, 6.07) is 3.97. The molecule has 0 unspecified atom stereocenters. The summed E-state index contributed by atoms with van der Waals surface area (Å²) in [6.45, 7) is 3.98. The van der Waals surface area contributed by atoms with Crippen molar-refractivity contribution in [1.29, 1.82) is 0 Å². The number of hydrogen-bond donors (Lipinski definition) is 0. The van der Waals surface area contributed by atoms with E-state index in [1.165, 1.54) is 0 Å². The standard InChI is InChI=1S/C13H14N4S2/c1-2-17(13-15-6-7-18-13)11-9-16-12(19-11)10-4-3-5-14-8-10/h3-5,8-9H,2,6-7H2,1H3. The van der Waals surface area contributed by atoms with Crippen molar-refractivity contribution in [3.8, 4) is 10.6 Å². The van der Waals surface area contributed by atoms with Crippen molar-refractivity contribution < 1.29 is 0 Å². The minimum atomic E-state index is 0.917. The van der Waals surface area contributed by atoms with Gasteiger partial charge in [0.1, 0.15) is 10.0 Å². The van der Waals surface area contributed by atoms with Gasteiger partial charge in [0, 0.05) is 30.3 Å². The van der Waals surface area contributed by atoms with Crippen LogP contribution in [0.2, 0.25) is 0 Å². The highest BCUT2D eigenvalue weighted by Gasteiger charge is 2.18. The van der Waals surface area contributed by atoms with Crippen molar-refractivity contribution in [1.82, 2.24) is 9.97 Å². The molecule has 3 rings (SSSR count). The molecule has 2 aromatic rings. The first-order chi connectivity index (χ1) is 9.38. The molecule has 1 aliphatic heterocycles. The number of thiazole rings is 1. The summed E-state index contributed by atoms with van der Waals surface area (Å²) in [5, 5.41) is 3.27. The van der Waals surface area contributed by atoms with Gasteiger partial charge >= 0.3 is 0 Å². The zero-order chi connectivity index (χ0) is 13.1. The predicted octanol–water partition coefficient (Wildman–Crippen LogP) is 3.13. The average molecular weight is 290 g/mol. The van der Waals surface area contributed by atoms with Crippen LogP contribution in [0.3, 0.4) is 0 Å². The summed E-state index contributed by atoms with van der Waals surface area (Å²) in [7, 11) is 0. The fraction of sp³-hybridized carbons (Fsp3) is 0.308. The Morgan fingerprint density at radius 3 is 3.00 bits per heavy atom. The van der Waals surface area contributed by atoms with E-state index in [0.717, 1.165) is 39.6 Å². The highest BCUT2D eigenvalue weighted by Crippen LogP contribution is 2.32. The van der Waals surface area contributed by atoms with E-state index in [9.17, 15) is 0 Å². The lowest BCUT2D eigenvalue weighted by atomic mass is 10.3. The van der Waals surface area contributed by atoms with E-state index in [1.54, 1.807) is 17.5 Å². The third-order valence-electron chi connectivity index (χ3n) is 2.78. The van der Waals surface area contributed by atoms with Crippen LogP contribution >= 0.6 is 23.1 Å². The van der Waals surface area contributed by atoms with E-state index in [1.807, 2.05) is 36.3 Å². The number of pyridine rings is 1. The van der Waals surface area contributed by atoms with Gasteiger partial charge in [-0.3, -0.25) is 9.98 Å². The van der Waals surface area contributed by atoms with Crippen molar-refractivity contribution in [3.63, 3.8) is 0 Å². The number of anilines is 1.